The van der Waals surface area contributed by atoms with Crippen LogP contribution in [-0.2, 0) is 16.1 Å². The summed E-state index contributed by atoms with van der Waals surface area (Å²) in [5.41, 5.74) is 0.945. The van der Waals surface area contributed by atoms with Gasteiger partial charge in [0.15, 0.2) is 0 Å². The molecule has 1 saturated carbocycles. The molecule has 0 aliphatic heterocycles. The van der Waals surface area contributed by atoms with Gasteiger partial charge >= 0.3 is 0 Å². The number of nitrogens with zero attached hydrogens (tertiary/aromatic N) is 1. The molecule has 184 valence electrons. The lowest BCUT2D eigenvalue weighted by Gasteiger charge is -2.31. The van der Waals surface area contributed by atoms with Crippen molar-refractivity contribution >= 4 is 35.2 Å². The topological polar surface area (TPSA) is 58.6 Å². The van der Waals surface area contributed by atoms with Crippen LogP contribution in [0.1, 0.15) is 57.4 Å². The van der Waals surface area contributed by atoms with Crippen molar-refractivity contribution in [3.8, 4) is 5.75 Å². The second kappa shape index (κ2) is 13.6. The van der Waals surface area contributed by atoms with E-state index in [0.29, 0.717) is 18.0 Å². The second-order valence-corrected chi connectivity index (χ2v) is 10.4. The highest BCUT2D eigenvalue weighted by atomic mass is 35.5. The van der Waals surface area contributed by atoms with E-state index >= 15 is 0 Å². The molecule has 1 fully saturated rings. The summed E-state index contributed by atoms with van der Waals surface area (Å²) in [4.78, 5) is 29.2. The Hall–Kier alpha value is -2.18. The Kier molecular flexibility index (Phi) is 10.6. The van der Waals surface area contributed by atoms with Crippen molar-refractivity contribution in [1.82, 2.24) is 10.2 Å². The van der Waals surface area contributed by atoms with Crippen molar-refractivity contribution in [3.63, 3.8) is 0 Å². The lowest BCUT2D eigenvalue weighted by atomic mass is 9.95. The molecule has 2 amide bonds. The zero-order valence-electron chi connectivity index (χ0n) is 20.1. The van der Waals surface area contributed by atoms with Gasteiger partial charge in [-0.2, -0.15) is 0 Å². The van der Waals surface area contributed by atoms with E-state index in [2.05, 4.69) is 5.32 Å². The van der Waals surface area contributed by atoms with E-state index in [1.807, 2.05) is 55.5 Å². The first-order valence-corrected chi connectivity index (χ1v) is 13.4. The smallest absolute Gasteiger partial charge is 0.242 e. The number of nitrogens with one attached hydrogen (secondary N) is 1. The number of carbonyl (C=O) groups is 2. The van der Waals surface area contributed by atoms with Crippen LogP contribution in [0.2, 0.25) is 5.02 Å². The number of halogens is 1. The van der Waals surface area contributed by atoms with Gasteiger partial charge in [0.2, 0.25) is 11.8 Å². The third kappa shape index (κ3) is 8.24. The Morgan fingerprint density at radius 3 is 2.59 bits per heavy atom. The van der Waals surface area contributed by atoms with Crippen LogP contribution in [-0.4, -0.2) is 41.7 Å². The van der Waals surface area contributed by atoms with Crippen molar-refractivity contribution in [3.05, 3.63) is 59.1 Å². The van der Waals surface area contributed by atoms with Crippen LogP contribution in [0.5, 0.6) is 5.75 Å². The standard InChI is InChI=1S/C27H35ClN2O3S/c1-20(27(32)29-23-9-4-3-5-10-23)30(19-21-8-6-11-24(18-21)33-2)26(31)12-7-17-34-25-15-13-22(28)14-16-25/h6,8,11,13-16,18,20,23H,3-5,7,9-10,12,17,19H2,1-2H3,(H,29,32)/t20-/m0/s1. The quantitative estimate of drug-likeness (QED) is 0.298. The Balaban J connectivity index is 1.62. The Labute approximate surface area is 212 Å². The van der Waals surface area contributed by atoms with Crippen molar-refractivity contribution in [2.45, 2.75) is 75.4 Å². The number of methoxy groups -OCH3 is 1. The molecule has 0 unspecified atom stereocenters. The third-order valence-electron chi connectivity index (χ3n) is 6.22. The molecule has 2 aromatic rings. The van der Waals surface area contributed by atoms with Gasteiger partial charge in [-0.25, -0.2) is 0 Å². The first-order valence-electron chi connectivity index (χ1n) is 12.1. The van der Waals surface area contributed by atoms with Crippen LogP contribution in [0, 0.1) is 0 Å². The van der Waals surface area contributed by atoms with E-state index in [0.717, 1.165) is 54.1 Å². The van der Waals surface area contributed by atoms with Crippen LogP contribution in [0.15, 0.2) is 53.4 Å². The van der Waals surface area contributed by atoms with Gasteiger partial charge in [-0.3, -0.25) is 9.59 Å². The molecule has 5 nitrogen and oxygen atoms in total. The minimum Gasteiger partial charge on any atom is -0.497 e. The lowest BCUT2D eigenvalue weighted by Crippen LogP contribution is -2.50. The molecule has 1 aliphatic rings. The molecular formula is C27H35ClN2O3S. The van der Waals surface area contributed by atoms with Gasteiger partial charge in [0.05, 0.1) is 7.11 Å². The van der Waals surface area contributed by atoms with Crippen LogP contribution < -0.4 is 10.1 Å². The summed E-state index contributed by atoms with van der Waals surface area (Å²) in [7, 11) is 1.63. The minimum absolute atomic E-state index is 0.00850. The molecule has 1 atom stereocenters. The molecule has 2 aromatic carbocycles. The number of hydrogen-bond donors (Lipinski definition) is 1. The van der Waals surface area contributed by atoms with E-state index in [1.165, 1.54) is 6.42 Å². The number of carbonyl (C=O) groups excluding carboxylic acids is 2. The predicted octanol–water partition coefficient (Wildman–Crippen LogP) is 6.09. The number of benzene rings is 2. The van der Waals surface area contributed by atoms with Crippen molar-refractivity contribution in [1.29, 1.82) is 0 Å². The number of amides is 2. The summed E-state index contributed by atoms with van der Waals surface area (Å²) in [5.74, 6) is 1.48. The summed E-state index contributed by atoms with van der Waals surface area (Å²) < 4.78 is 5.34. The molecule has 34 heavy (non-hydrogen) atoms. The first kappa shape index (κ1) is 26.4. The molecule has 0 heterocycles. The minimum atomic E-state index is -0.537. The summed E-state index contributed by atoms with van der Waals surface area (Å²) in [6.45, 7) is 2.21. The van der Waals surface area contributed by atoms with Gasteiger partial charge in [-0.05, 0) is 73.9 Å². The summed E-state index contributed by atoms with van der Waals surface area (Å²) in [6, 6.07) is 15.1. The first-order chi connectivity index (χ1) is 16.5. The number of hydrogen-bond acceptors (Lipinski definition) is 4. The summed E-state index contributed by atoms with van der Waals surface area (Å²) in [6.07, 6.45) is 6.70. The Morgan fingerprint density at radius 2 is 1.88 bits per heavy atom. The van der Waals surface area contributed by atoms with Gasteiger partial charge in [-0.15, -0.1) is 11.8 Å². The van der Waals surface area contributed by atoms with Crippen LogP contribution in [0.25, 0.3) is 0 Å². The fourth-order valence-electron chi connectivity index (χ4n) is 4.21. The van der Waals surface area contributed by atoms with Gasteiger partial charge in [0, 0.05) is 28.9 Å². The van der Waals surface area contributed by atoms with Gasteiger partial charge in [-0.1, -0.05) is 43.0 Å². The van der Waals surface area contributed by atoms with Crippen molar-refractivity contribution in [2.24, 2.45) is 0 Å². The van der Waals surface area contributed by atoms with Crippen LogP contribution >= 0.6 is 23.4 Å². The van der Waals surface area contributed by atoms with Crippen molar-refractivity contribution < 1.29 is 14.3 Å². The Morgan fingerprint density at radius 1 is 1.15 bits per heavy atom. The fraction of sp³-hybridized carbons (Fsp3) is 0.481. The fourth-order valence-corrected chi connectivity index (χ4v) is 5.19. The lowest BCUT2D eigenvalue weighted by molar-refractivity contribution is -0.141. The van der Waals surface area contributed by atoms with Crippen molar-refractivity contribution in [2.75, 3.05) is 12.9 Å². The zero-order valence-corrected chi connectivity index (χ0v) is 21.7. The maximum atomic E-state index is 13.3. The van der Waals surface area contributed by atoms with E-state index in [1.54, 1.807) is 23.8 Å². The Bertz CT molecular complexity index is 932. The number of rotatable bonds is 11. The third-order valence-corrected chi connectivity index (χ3v) is 7.57. The van der Waals surface area contributed by atoms with Crippen LogP contribution in [0.3, 0.4) is 0 Å². The predicted molar refractivity (Wildman–Crippen MR) is 139 cm³/mol. The van der Waals surface area contributed by atoms with E-state index in [-0.39, 0.29) is 17.9 Å². The summed E-state index contributed by atoms with van der Waals surface area (Å²) in [5, 5.41) is 3.90. The van der Waals surface area contributed by atoms with E-state index < -0.39 is 6.04 Å². The molecule has 0 radical (unpaired) electrons. The SMILES string of the molecule is COc1cccc(CN(C(=O)CCCSc2ccc(Cl)cc2)[C@@H](C)C(=O)NC2CCCCC2)c1. The maximum Gasteiger partial charge on any atom is 0.242 e. The highest BCUT2D eigenvalue weighted by molar-refractivity contribution is 7.99. The zero-order chi connectivity index (χ0) is 24.3. The molecule has 0 spiro atoms. The molecule has 0 bridgehead atoms. The molecule has 0 aromatic heterocycles. The number of ether oxygens (including phenoxy) is 1. The molecular weight excluding hydrogens is 468 g/mol. The largest absolute Gasteiger partial charge is 0.497 e. The van der Waals surface area contributed by atoms with Gasteiger partial charge in [0.25, 0.3) is 0 Å². The summed E-state index contributed by atoms with van der Waals surface area (Å²) >= 11 is 7.66. The average molecular weight is 503 g/mol. The maximum absolute atomic E-state index is 13.3. The van der Waals surface area contributed by atoms with E-state index in [4.69, 9.17) is 16.3 Å². The highest BCUT2D eigenvalue weighted by Gasteiger charge is 2.28. The second-order valence-electron chi connectivity index (χ2n) is 8.80. The molecule has 1 aliphatic carbocycles. The molecule has 3 rings (SSSR count). The van der Waals surface area contributed by atoms with Crippen LogP contribution in [0.4, 0.5) is 0 Å². The molecule has 7 heteroatoms. The molecule has 1 N–H and O–H groups in total. The highest BCUT2D eigenvalue weighted by Crippen LogP contribution is 2.23. The monoisotopic (exact) mass is 502 g/mol. The van der Waals surface area contributed by atoms with Gasteiger partial charge < -0.3 is 15.0 Å². The average Bonchev–Trinajstić information content (AvgIpc) is 2.86. The number of thioether (sulfide) groups is 1. The van der Waals surface area contributed by atoms with Gasteiger partial charge in [0.1, 0.15) is 11.8 Å². The normalized spacial score (nSPS) is 14.9. The molecule has 0 saturated heterocycles. The van der Waals surface area contributed by atoms with E-state index in [9.17, 15) is 9.59 Å².